The highest BCUT2D eigenvalue weighted by atomic mass is 32.2. The number of alkyl halides is 2. The zero-order chi connectivity index (χ0) is 19.3. The van der Waals surface area contributed by atoms with E-state index in [2.05, 4.69) is 4.74 Å². The third-order valence-corrected chi connectivity index (χ3v) is 4.59. The second-order valence-electron chi connectivity index (χ2n) is 4.94. The molecule has 1 aromatic rings. The van der Waals surface area contributed by atoms with Crippen molar-refractivity contribution in [1.82, 2.24) is 4.90 Å². The second-order valence-corrected chi connectivity index (χ2v) is 6.62. The highest BCUT2D eigenvalue weighted by Crippen LogP contribution is 2.38. The third kappa shape index (κ3) is 4.92. The van der Waals surface area contributed by atoms with Gasteiger partial charge in [-0.05, 0) is 19.1 Å². The number of rotatable bonds is 8. The van der Waals surface area contributed by atoms with Gasteiger partial charge in [0.25, 0.3) is 5.91 Å². The van der Waals surface area contributed by atoms with Gasteiger partial charge in [0.05, 0.1) is 11.5 Å². The highest BCUT2D eigenvalue weighted by Gasteiger charge is 2.32. The number of ether oxygens (including phenoxy) is 2. The molecule has 0 radical (unpaired) electrons. The fraction of sp³-hybridized carbons (Fsp3) is 0.312. The van der Waals surface area contributed by atoms with Gasteiger partial charge < -0.3 is 19.4 Å². The topological polar surface area (TPSA) is 78.9 Å². The lowest BCUT2D eigenvalue weighted by molar-refractivity contribution is -0.305. The predicted octanol–water partition coefficient (Wildman–Crippen LogP) is 2.03. The maximum atomic E-state index is 12.8. The number of carbonyl (C=O) groups is 2. The van der Waals surface area contributed by atoms with E-state index in [1.54, 1.807) is 13.0 Å². The summed E-state index contributed by atoms with van der Waals surface area (Å²) in [5.41, 5.74) is 0.219. The molecule has 0 saturated carbocycles. The molecule has 1 aliphatic rings. The van der Waals surface area contributed by atoms with E-state index < -0.39 is 18.5 Å². The normalized spacial score (nSPS) is 15.8. The summed E-state index contributed by atoms with van der Waals surface area (Å²) in [5, 5.41) is 10.6. The molecule has 2 rings (SSSR count). The lowest BCUT2D eigenvalue weighted by Gasteiger charge is -2.15. The summed E-state index contributed by atoms with van der Waals surface area (Å²) < 4.78 is 35.5. The minimum atomic E-state index is -3.07. The minimum Gasteiger partial charge on any atom is -0.550 e. The molecule has 140 valence electrons. The zero-order valence-electron chi connectivity index (χ0n) is 13.6. The number of carbonyl (C=O) groups excluding carboxylic acids is 2. The molecule has 0 N–H and O–H groups in total. The van der Waals surface area contributed by atoms with Gasteiger partial charge in [-0.3, -0.25) is 9.69 Å². The summed E-state index contributed by atoms with van der Waals surface area (Å²) in [6.45, 7) is -1.25. The first-order valence-electron chi connectivity index (χ1n) is 7.49. The molecule has 6 nitrogen and oxygen atoms in total. The van der Waals surface area contributed by atoms with Crippen LogP contribution in [0.1, 0.15) is 18.9 Å². The van der Waals surface area contributed by atoms with Crippen molar-refractivity contribution in [2.75, 3.05) is 13.2 Å². The van der Waals surface area contributed by atoms with Crippen LogP contribution in [-0.2, 0) is 9.59 Å². The van der Waals surface area contributed by atoms with Gasteiger partial charge in [0, 0.05) is 24.5 Å². The minimum absolute atomic E-state index is 0.119. The van der Waals surface area contributed by atoms with Crippen LogP contribution in [0.2, 0.25) is 0 Å². The van der Waals surface area contributed by atoms with Crippen LogP contribution >= 0.6 is 24.0 Å². The van der Waals surface area contributed by atoms with Crippen molar-refractivity contribution in [3.8, 4) is 11.5 Å². The number of aliphatic carboxylic acids is 1. The van der Waals surface area contributed by atoms with Crippen molar-refractivity contribution >= 4 is 46.3 Å². The van der Waals surface area contributed by atoms with Crippen molar-refractivity contribution in [1.29, 1.82) is 0 Å². The number of hydrogen-bond donors (Lipinski definition) is 0. The first kappa shape index (κ1) is 20.1. The molecule has 0 unspecified atom stereocenters. The molecule has 1 aliphatic heterocycles. The molecule has 0 aromatic heterocycles. The summed E-state index contributed by atoms with van der Waals surface area (Å²) in [5.74, 6) is -1.88. The van der Waals surface area contributed by atoms with Crippen LogP contribution in [0.25, 0.3) is 6.08 Å². The number of hydrogen-bond acceptors (Lipinski definition) is 7. The zero-order valence-corrected chi connectivity index (χ0v) is 15.2. The van der Waals surface area contributed by atoms with Gasteiger partial charge >= 0.3 is 6.61 Å². The standard InChI is InChI=1S/C16H15F2NO5S2/c1-2-23-10-5-3-4-9(13(10)24-15(17)18)8-11-14(22)19(16(25)26-11)7-6-12(20)21/h3-5,8,15H,2,6-7H2,1H3,(H,20,21)/p-1/b11-8-. The van der Waals surface area contributed by atoms with Crippen molar-refractivity contribution < 1.29 is 33.0 Å². The number of thiocarbonyl (C=S) groups is 1. The molecule has 10 heteroatoms. The van der Waals surface area contributed by atoms with E-state index >= 15 is 0 Å². The Morgan fingerprint density at radius 3 is 2.81 bits per heavy atom. The van der Waals surface area contributed by atoms with E-state index in [0.29, 0.717) is 0 Å². The summed E-state index contributed by atoms with van der Waals surface area (Å²) in [7, 11) is 0. The van der Waals surface area contributed by atoms with Crippen molar-refractivity contribution in [3.05, 3.63) is 28.7 Å². The van der Waals surface area contributed by atoms with Crippen LogP contribution in [0.3, 0.4) is 0 Å². The van der Waals surface area contributed by atoms with Crippen LogP contribution < -0.4 is 14.6 Å². The Morgan fingerprint density at radius 2 is 2.19 bits per heavy atom. The smallest absolute Gasteiger partial charge is 0.387 e. The van der Waals surface area contributed by atoms with Gasteiger partial charge in [-0.25, -0.2) is 0 Å². The number of carboxylic acid groups (broad SMARTS) is 1. The van der Waals surface area contributed by atoms with Crippen molar-refractivity contribution in [2.45, 2.75) is 20.0 Å². The van der Waals surface area contributed by atoms with E-state index in [9.17, 15) is 23.5 Å². The fourth-order valence-electron chi connectivity index (χ4n) is 2.17. The molecule has 0 aliphatic carbocycles. The average Bonchev–Trinajstić information content (AvgIpc) is 2.82. The van der Waals surface area contributed by atoms with Gasteiger partial charge in [-0.2, -0.15) is 8.78 Å². The average molecular weight is 402 g/mol. The largest absolute Gasteiger partial charge is 0.550 e. The Balaban J connectivity index is 2.34. The van der Waals surface area contributed by atoms with E-state index in [-0.39, 0.29) is 45.9 Å². The molecular formula is C16H14F2NO5S2-. The van der Waals surface area contributed by atoms with Crippen LogP contribution in [0, 0.1) is 0 Å². The quantitative estimate of drug-likeness (QED) is 0.486. The van der Waals surface area contributed by atoms with E-state index in [1.165, 1.54) is 18.2 Å². The molecule has 26 heavy (non-hydrogen) atoms. The van der Waals surface area contributed by atoms with Crippen LogP contribution in [0.4, 0.5) is 8.78 Å². The van der Waals surface area contributed by atoms with Gasteiger partial charge in [-0.15, -0.1) is 0 Å². The Labute approximate surface area is 157 Å². The number of para-hydroxylation sites is 1. The monoisotopic (exact) mass is 402 g/mol. The molecular weight excluding hydrogens is 388 g/mol. The van der Waals surface area contributed by atoms with Gasteiger partial charge in [-0.1, -0.05) is 36.1 Å². The molecule has 1 amide bonds. The number of thioether (sulfide) groups is 1. The number of nitrogens with zero attached hydrogens (tertiary/aromatic N) is 1. The number of halogens is 2. The first-order chi connectivity index (χ1) is 12.3. The lowest BCUT2D eigenvalue weighted by Crippen LogP contribution is -2.33. The lowest BCUT2D eigenvalue weighted by atomic mass is 10.1. The first-order valence-corrected chi connectivity index (χ1v) is 8.71. The molecule has 1 aromatic carbocycles. The Bertz CT molecular complexity index is 754. The Hall–Kier alpha value is -2.20. The second kappa shape index (κ2) is 8.95. The van der Waals surface area contributed by atoms with E-state index in [0.717, 1.165) is 16.7 Å². The van der Waals surface area contributed by atoms with Crippen LogP contribution in [0.5, 0.6) is 11.5 Å². The molecule has 0 bridgehead atoms. The molecule has 1 fully saturated rings. The summed E-state index contributed by atoms with van der Waals surface area (Å²) in [4.78, 5) is 24.3. The molecule has 0 atom stereocenters. The summed E-state index contributed by atoms with van der Waals surface area (Å²) in [6, 6.07) is 4.55. The predicted molar refractivity (Wildman–Crippen MR) is 93.7 cm³/mol. The van der Waals surface area contributed by atoms with Crippen LogP contribution in [0.15, 0.2) is 23.1 Å². The number of benzene rings is 1. The van der Waals surface area contributed by atoms with Gasteiger partial charge in [0.1, 0.15) is 4.32 Å². The van der Waals surface area contributed by atoms with Crippen molar-refractivity contribution in [2.24, 2.45) is 0 Å². The number of amides is 1. The van der Waals surface area contributed by atoms with Gasteiger partial charge in [0.2, 0.25) is 0 Å². The molecule has 1 saturated heterocycles. The van der Waals surface area contributed by atoms with E-state index in [4.69, 9.17) is 17.0 Å². The number of carboxylic acids is 1. The maximum absolute atomic E-state index is 12.8. The van der Waals surface area contributed by atoms with Crippen LogP contribution in [-0.4, -0.2) is 40.9 Å². The van der Waals surface area contributed by atoms with E-state index in [1.807, 2.05) is 0 Å². The Morgan fingerprint density at radius 1 is 1.46 bits per heavy atom. The fourth-order valence-corrected chi connectivity index (χ4v) is 3.47. The molecule has 0 spiro atoms. The highest BCUT2D eigenvalue weighted by molar-refractivity contribution is 8.26. The molecule has 1 heterocycles. The van der Waals surface area contributed by atoms with Gasteiger partial charge in [0.15, 0.2) is 11.5 Å². The summed E-state index contributed by atoms with van der Waals surface area (Å²) >= 11 is 6.02. The summed E-state index contributed by atoms with van der Waals surface area (Å²) in [6.07, 6.45) is 0.998. The maximum Gasteiger partial charge on any atom is 0.387 e. The van der Waals surface area contributed by atoms with Crippen molar-refractivity contribution in [3.63, 3.8) is 0 Å². The third-order valence-electron chi connectivity index (χ3n) is 3.22. The Kier molecular flexibility index (Phi) is 6.92. The SMILES string of the molecule is CCOc1cccc(/C=C2\SC(=S)N(CCC(=O)[O-])C2=O)c1OC(F)F.